The van der Waals surface area contributed by atoms with Crippen molar-refractivity contribution in [2.75, 3.05) is 27.4 Å². The first-order valence-corrected chi connectivity index (χ1v) is 7.76. The number of hydrogen-bond acceptors (Lipinski definition) is 4. The molecule has 0 spiro atoms. The molecule has 1 aromatic carbocycles. The van der Waals surface area contributed by atoms with Crippen molar-refractivity contribution in [2.45, 2.75) is 19.3 Å². The first-order valence-electron chi connectivity index (χ1n) is 7.76. The Morgan fingerprint density at radius 1 is 1.35 bits per heavy atom. The molecule has 122 valence electrons. The Morgan fingerprint density at radius 3 is 3.00 bits per heavy atom. The van der Waals surface area contributed by atoms with Crippen LogP contribution in [0, 0.1) is 0 Å². The monoisotopic (exact) mass is 315 g/mol. The van der Waals surface area contributed by atoms with Crippen molar-refractivity contribution in [3.8, 4) is 17.0 Å². The van der Waals surface area contributed by atoms with Gasteiger partial charge in [0.1, 0.15) is 11.4 Å². The largest absolute Gasteiger partial charge is 0.497 e. The Kier molecular flexibility index (Phi) is 4.62. The van der Waals surface area contributed by atoms with Gasteiger partial charge in [0.25, 0.3) is 5.91 Å². The highest BCUT2D eigenvalue weighted by Crippen LogP contribution is 2.35. The summed E-state index contributed by atoms with van der Waals surface area (Å²) in [5.74, 6) is 0.741. The Hall–Kier alpha value is -2.34. The number of benzene rings is 1. The SMILES string of the molecule is COCCCNC(=O)c1[nH]nc2c1CCc1cc(OC)ccc1-2. The number of methoxy groups -OCH3 is 2. The lowest BCUT2D eigenvalue weighted by molar-refractivity contribution is 0.0942. The smallest absolute Gasteiger partial charge is 0.269 e. The number of carbonyl (C=O) groups excluding carboxylic acids is 1. The third-order valence-electron chi connectivity index (χ3n) is 4.12. The molecule has 1 aliphatic carbocycles. The van der Waals surface area contributed by atoms with Gasteiger partial charge in [-0.15, -0.1) is 0 Å². The van der Waals surface area contributed by atoms with Crippen molar-refractivity contribution in [1.29, 1.82) is 0 Å². The third kappa shape index (κ3) is 3.07. The molecule has 1 aromatic heterocycles. The van der Waals surface area contributed by atoms with Crippen molar-refractivity contribution in [2.24, 2.45) is 0 Å². The second-order valence-electron chi connectivity index (χ2n) is 5.55. The number of carbonyl (C=O) groups is 1. The van der Waals surface area contributed by atoms with E-state index in [2.05, 4.69) is 15.5 Å². The van der Waals surface area contributed by atoms with E-state index < -0.39 is 0 Å². The fraction of sp³-hybridized carbons (Fsp3) is 0.412. The highest BCUT2D eigenvalue weighted by molar-refractivity contribution is 5.96. The minimum Gasteiger partial charge on any atom is -0.497 e. The molecule has 2 aromatic rings. The molecular formula is C17H21N3O3. The molecule has 0 fully saturated rings. The van der Waals surface area contributed by atoms with E-state index in [0.717, 1.165) is 41.8 Å². The summed E-state index contributed by atoms with van der Waals surface area (Å²) >= 11 is 0. The van der Waals surface area contributed by atoms with Crippen LogP contribution in [0.3, 0.4) is 0 Å². The van der Waals surface area contributed by atoms with Crippen LogP contribution in [0.5, 0.6) is 5.75 Å². The van der Waals surface area contributed by atoms with Crippen LogP contribution in [0.1, 0.15) is 28.0 Å². The maximum absolute atomic E-state index is 12.3. The highest BCUT2D eigenvalue weighted by Gasteiger charge is 2.25. The molecule has 6 nitrogen and oxygen atoms in total. The summed E-state index contributed by atoms with van der Waals surface area (Å²) in [5, 5.41) is 10.2. The summed E-state index contributed by atoms with van der Waals surface area (Å²) < 4.78 is 10.3. The van der Waals surface area contributed by atoms with Crippen LogP contribution in [0.2, 0.25) is 0 Å². The number of amides is 1. The summed E-state index contributed by atoms with van der Waals surface area (Å²) in [6.07, 6.45) is 2.47. The minimum atomic E-state index is -0.105. The van der Waals surface area contributed by atoms with Gasteiger partial charge in [-0.1, -0.05) is 0 Å². The van der Waals surface area contributed by atoms with Crippen LogP contribution < -0.4 is 10.1 Å². The van der Waals surface area contributed by atoms with Crippen molar-refractivity contribution in [3.05, 3.63) is 35.0 Å². The molecule has 6 heteroatoms. The van der Waals surface area contributed by atoms with E-state index in [4.69, 9.17) is 9.47 Å². The van der Waals surface area contributed by atoms with E-state index in [9.17, 15) is 4.79 Å². The van der Waals surface area contributed by atoms with Crippen LogP contribution in [0.25, 0.3) is 11.3 Å². The molecule has 0 atom stereocenters. The van der Waals surface area contributed by atoms with Gasteiger partial charge in [0.2, 0.25) is 0 Å². The number of fused-ring (bicyclic) bond motifs is 3. The molecule has 1 heterocycles. The predicted molar refractivity (Wildman–Crippen MR) is 86.8 cm³/mol. The van der Waals surface area contributed by atoms with Crippen molar-refractivity contribution in [1.82, 2.24) is 15.5 Å². The van der Waals surface area contributed by atoms with E-state index >= 15 is 0 Å². The topological polar surface area (TPSA) is 76.2 Å². The predicted octanol–water partition coefficient (Wildman–Crippen LogP) is 1.95. The zero-order chi connectivity index (χ0) is 16.2. The van der Waals surface area contributed by atoms with E-state index in [1.54, 1.807) is 14.2 Å². The van der Waals surface area contributed by atoms with Crippen LogP contribution in [0.4, 0.5) is 0 Å². The fourth-order valence-corrected chi connectivity index (χ4v) is 2.92. The van der Waals surface area contributed by atoms with Crippen LogP contribution in [-0.4, -0.2) is 43.5 Å². The minimum absolute atomic E-state index is 0.105. The lowest BCUT2D eigenvalue weighted by Crippen LogP contribution is -2.26. The maximum Gasteiger partial charge on any atom is 0.269 e. The van der Waals surface area contributed by atoms with E-state index in [-0.39, 0.29) is 5.91 Å². The number of aromatic nitrogens is 2. The molecule has 3 rings (SSSR count). The number of aryl methyl sites for hydroxylation is 1. The second-order valence-corrected chi connectivity index (χ2v) is 5.55. The Bertz CT molecular complexity index is 709. The van der Waals surface area contributed by atoms with Crippen molar-refractivity contribution in [3.63, 3.8) is 0 Å². The summed E-state index contributed by atoms with van der Waals surface area (Å²) in [6, 6.07) is 5.97. The number of rotatable bonds is 6. The lowest BCUT2D eigenvalue weighted by Gasteiger charge is -2.17. The fourth-order valence-electron chi connectivity index (χ4n) is 2.92. The van der Waals surface area contributed by atoms with Gasteiger partial charge >= 0.3 is 0 Å². The number of nitrogens with zero attached hydrogens (tertiary/aromatic N) is 1. The van der Waals surface area contributed by atoms with Crippen molar-refractivity contribution >= 4 is 5.91 Å². The molecule has 0 unspecified atom stereocenters. The summed E-state index contributed by atoms with van der Waals surface area (Å²) in [5.41, 5.74) is 4.71. The molecule has 0 saturated carbocycles. The lowest BCUT2D eigenvalue weighted by atomic mass is 9.89. The molecule has 0 radical (unpaired) electrons. The number of H-pyrrole nitrogens is 1. The molecular weight excluding hydrogens is 294 g/mol. The van der Waals surface area contributed by atoms with Gasteiger partial charge in [-0.05, 0) is 43.0 Å². The normalized spacial score (nSPS) is 12.4. The Balaban J connectivity index is 1.80. The molecule has 1 amide bonds. The van der Waals surface area contributed by atoms with Gasteiger partial charge < -0.3 is 14.8 Å². The van der Waals surface area contributed by atoms with Gasteiger partial charge in [0, 0.05) is 31.4 Å². The molecule has 23 heavy (non-hydrogen) atoms. The molecule has 2 N–H and O–H groups in total. The molecule has 1 aliphatic rings. The molecule has 0 bridgehead atoms. The van der Waals surface area contributed by atoms with Crippen LogP contribution >= 0.6 is 0 Å². The second kappa shape index (κ2) is 6.83. The van der Waals surface area contributed by atoms with E-state index in [1.807, 2.05) is 18.2 Å². The maximum atomic E-state index is 12.3. The summed E-state index contributed by atoms with van der Waals surface area (Å²) in [7, 11) is 3.32. The van der Waals surface area contributed by atoms with Gasteiger partial charge in [0.05, 0.1) is 12.8 Å². The Labute approximate surface area is 135 Å². The summed E-state index contributed by atoms with van der Waals surface area (Å²) in [6.45, 7) is 1.23. The first-order chi connectivity index (χ1) is 11.2. The third-order valence-corrected chi connectivity index (χ3v) is 4.12. The number of hydrogen-bond donors (Lipinski definition) is 2. The van der Waals surface area contributed by atoms with Crippen LogP contribution in [-0.2, 0) is 17.6 Å². The average Bonchev–Trinajstić information content (AvgIpc) is 3.02. The highest BCUT2D eigenvalue weighted by atomic mass is 16.5. The Morgan fingerprint density at radius 2 is 2.22 bits per heavy atom. The number of nitrogens with one attached hydrogen (secondary N) is 2. The van der Waals surface area contributed by atoms with Gasteiger partial charge in [0.15, 0.2) is 0 Å². The molecule has 0 aliphatic heterocycles. The van der Waals surface area contributed by atoms with E-state index in [0.29, 0.717) is 18.8 Å². The molecule has 0 saturated heterocycles. The van der Waals surface area contributed by atoms with E-state index in [1.165, 1.54) is 5.56 Å². The standard InChI is InChI=1S/C17H21N3O3/c1-22-9-3-8-18-17(21)16-14-6-4-11-10-12(23-2)5-7-13(11)15(14)19-20-16/h5,7,10H,3-4,6,8-9H2,1-2H3,(H,18,21)(H,19,20). The van der Waals surface area contributed by atoms with Gasteiger partial charge in [-0.25, -0.2) is 0 Å². The quantitative estimate of drug-likeness (QED) is 0.799. The van der Waals surface area contributed by atoms with Gasteiger partial charge in [-0.2, -0.15) is 5.10 Å². The zero-order valence-corrected chi connectivity index (χ0v) is 13.4. The number of ether oxygens (including phenoxy) is 2. The number of aromatic amines is 1. The van der Waals surface area contributed by atoms with Crippen molar-refractivity contribution < 1.29 is 14.3 Å². The zero-order valence-electron chi connectivity index (χ0n) is 13.4. The van der Waals surface area contributed by atoms with Crippen LogP contribution in [0.15, 0.2) is 18.2 Å². The summed E-state index contributed by atoms with van der Waals surface area (Å²) in [4.78, 5) is 12.3. The average molecular weight is 315 g/mol. The van der Waals surface area contributed by atoms with Gasteiger partial charge in [-0.3, -0.25) is 9.89 Å². The first kappa shape index (κ1) is 15.6.